The first-order chi connectivity index (χ1) is 12.7. The van der Waals surface area contributed by atoms with Gasteiger partial charge in [-0.2, -0.15) is 17.5 Å². The maximum atomic E-state index is 12.7. The normalized spacial score (nSPS) is 17.2. The second-order valence-corrected chi connectivity index (χ2v) is 8.57. The van der Waals surface area contributed by atoms with E-state index in [4.69, 9.17) is 0 Å². The third-order valence-corrected chi connectivity index (χ3v) is 6.72. The Morgan fingerprint density at radius 1 is 0.926 bits per heavy atom. The fraction of sp³-hybridized carbons (Fsp3) is 0.368. The van der Waals surface area contributed by atoms with Crippen molar-refractivity contribution < 1.29 is 21.6 Å². The van der Waals surface area contributed by atoms with Gasteiger partial charge in [0.05, 0.1) is 10.5 Å². The molecule has 0 bridgehead atoms. The Kier molecular flexibility index (Phi) is 5.60. The van der Waals surface area contributed by atoms with Gasteiger partial charge in [0.15, 0.2) is 0 Å². The van der Waals surface area contributed by atoms with Crippen molar-refractivity contribution in [2.45, 2.75) is 24.5 Å². The molecule has 4 nitrogen and oxygen atoms in total. The molecule has 1 aliphatic heterocycles. The van der Waals surface area contributed by atoms with Crippen LogP contribution in [0.1, 0.15) is 16.7 Å². The van der Waals surface area contributed by atoms with Gasteiger partial charge in [-0.15, -0.1) is 0 Å². The van der Waals surface area contributed by atoms with E-state index in [0.717, 1.165) is 30.8 Å². The molecule has 1 fully saturated rings. The van der Waals surface area contributed by atoms with Gasteiger partial charge in [0.1, 0.15) is 0 Å². The highest BCUT2D eigenvalue weighted by atomic mass is 32.2. The van der Waals surface area contributed by atoms with Crippen molar-refractivity contribution in [3.05, 3.63) is 65.2 Å². The summed E-state index contributed by atoms with van der Waals surface area (Å²) in [5.74, 6) is 0. The molecule has 0 saturated carbocycles. The number of alkyl halides is 3. The van der Waals surface area contributed by atoms with Gasteiger partial charge in [0, 0.05) is 32.7 Å². The van der Waals surface area contributed by atoms with Crippen LogP contribution in [0.4, 0.5) is 13.2 Å². The molecule has 0 amide bonds. The molecule has 0 aromatic heterocycles. The Balaban J connectivity index is 1.65. The largest absolute Gasteiger partial charge is 0.416 e. The molecule has 1 heterocycles. The summed E-state index contributed by atoms with van der Waals surface area (Å²) in [7, 11) is -3.79. The average Bonchev–Trinajstić information content (AvgIpc) is 2.63. The molecule has 0 radical (unpaired) electrons. The van der Waals surface area contributed by atoms with Crippen molar-refractivity contribution in [2.75, 3.05) is 26.2 Å². The minimum atomic E-state index is -4.48. The highest BCUT2D eigenvalue weighted by Gasteiger charge is 2.32. The average molecular weight is 398 g/mol. The zero-order valence-electron chi connectivity index (χ0n) is 14.9. The van der Waals surface area contributed by atoms with E-state index in [2.05, 4.69) is 11.0 Å². The predicted molar refractivity (Wildman–Crippen MR) is 96.7 cm³/mol. The van der Waals surface area contributed by atoms with Crippen LogP contribution in [0.2, 0.25) is 0 Å². The smallest absolute Gasteiger partial charge is 0.296 e. The Morgan fingerprint density at radius 2 is 1.52 bits per heavy atom. The maximum absolute atomic E-state index is 12.7. The first-order valence-corrected chi connectivity index (χ1v) is 10.1. The molecule has 2 aromatic carbocycles. The Bertz CT molecular complexity index is 888. The summed E-state index contributed by atoms with van der Waals surface area (Å²) in [5.41, 5.74) is 1.54. The fourth-order valence-corrected chi connectivity index (χ4v) is 4.54. The van der Waals surface area contributed by atoms with Crippen LogP contribution in [-0.2, 0) is 22.7 Å². The molecule has 8 heteroatoms. The number of rotatable bonds is 4. The molecule has 0 unspecified atom stereocenters. The zero-order valence-corrected chi connectivity index (χ0v) is 15.7. The van der Waals surface area contributed by atoms with E-state index in [-0.39, 0.29) is 4.90 Å². The van der Waals surface area contributed by atoms with Gasteiger partial charge in [-0.1, -0.05) is 24.3 Å². The van der Waals surface area contributed by atoms with Crippen LogP contribution in [-0.4, -0.2) is 43.8 Å². The fourth-order valence-electron chi connectivity index (χ4n) is 3.12. The highest BCUT2D eigenvalue weighted by Crippen LogP contribution is 2.30. The van der Waals surface area contributed by atoms with Crippen molar-refractivity contribution in [2.24, 2.45) is 0 Å². The number of hydrogen-bond donors (Lipinski definition) is 0. The quantitative estimate of drug-likeness (QED) is 0.791. The van der Waals surface area contributed by atoms with E-state index >= 15 is 0 Å². The Hall–Kier alpha value is -1.90. The maximum Gasteiger partial charge on any atom is 0.416 e. The van der Waals surface area contributed by atoms with E-state index in [9.17, 15) is 21.6 Å². The number of piperazine rings is 1. The molecule has 0 spiro atoms. The molecule has 1 aliphatic rings. The van der Waals surface area contributed by atoms with Crippen molar-refractivity contribution in [1.29, 1.82) is 0 Å². The lowest BCUT2D eigenvalue weighted by atomic mass is 10.1. The number of aryl methyl sites for hydroxylation is 1. The number of hydrogen-bond acceptors (Lipinski definition) is 3. The minimum Gasteiger partial charge on any atom is -0.296 e. The van der Waals surface area contributed by atoms with Gasteiger partial charge >= 0.3 is 6.18 Å². The van der Waals surface area contributed by atoms with E-state index < -0.39 is 21.8 Å². The SMILES string of the molecule is Cc1ccccc1CN1CCN(S(=O)(=O)c2ccc(C(F)(F)F)cc2)CC1. The summed E-state index contributed by atoms with van der Waals surface area (Å²) in [6.45, 7) is 4.58. The topological polar surface area (TPSA) is 40.6 Å². The van der Waals surface area contributed by atoms with Crippen LogP contribution in [0, 0.1) is 6.92 Å². The molecule has 0 N–H and O–H groups in total. The molecule has 2 aromatic rings. The van der Waals surface area contributed by atoms with Crippen molar-refractivity contribution in [1.82, 2.24) is 9.21 Å². The van der Waals surface area contributed by atoms with Crippen LogP contribution in [0.25, 0.3) is 0 Å². The lowest BCUT2D eigenvalue weighted by Crippen LogP contribution is -2.48. The van der Waals surface area contributed by atoms with Gasteiger partial charge < -0.3 is 0 Å². The molecule has 3 rings (SSSR count). The molecular weight excluding hydrogens is 377 g/mol. The van der Waals surface area contributed by atoms with Gasteiger partial charge in [-0.25, -0.2) is 8.42 Å². The Morgan fingerprint density at radius 3 is 2.07 bits per heavy atom. The number of halogens is 3. The molecule has 0 atom stereocenters. The number of nitrogens with zero attached hydrogens (tertiary/aromatic N) is 2. The summed E-state index contributed by atoms with van der Waals surface area (Å²) in [5, 5.41) is 0. The Labute approximate surface area is 157 Å². The molecule has 27 heavy (non-hydrogen) atoms. The minimum absolute atomic E-state index is 0.108. The summed E-state index contributed by atoms with van der Waals surface area (Å²) >= 11 is 0. The molecule has 146 valence electrons. The third-order valence-electron chi connectivity index (χ3n) is 4.81. The van der Waals surface area contributed by atoms with E-state index in [1.807, 2.05) is 25.1 Å². The summed E-state index contributed by atoms with van der Waals surface area (Å²) in [4.78, 5) is 2.07. The second kappa shape index (κ2) is 7.61. The van der Waals surface area contributed by atoms with Gasteiger partial charge in [0.2, 0.25) is 10.0 Å². The monoisotopic (exact) mass is 398 g/mol. The van der Waals surface area contributed by atoms with Crippen molar-refractivity contribution >= 4 is 10.0 Å². The summed E-state index contributed by atoms with van der Waals surface area (Å²) in [6.07, 6.45) is -4.48. The van der Waals surface area contributed by atoms with Crippen LogP contribution >= 0.6 is 0 Å². The molecule has 1 saturated heterocycles. The van der Waals surface area contributed by atoms with Gasteiger partial charge in [-0.3, -0.25) is 4.90 Å². The van der Waals surface area contributed by atoms with Gasteiger partial charge in [0.25, 0.3) is 0 Å². The number of benzene rings is 2. The van der Waals surface area contributed by atoms with Gasteiger partial charge in [-0.05, 0) is 42.3 Å². The summed E-state index contributed by atoms with van der Waals surface area (Å²) < 4.78 is 64.7. The number of sulfonamides is 1. The van der Waals surface area contributed by atoms with Crippen LogP contribution in [0.3, 0.4) is 0 Å². The predicted octanol–water partition coefficient (Wildman–Crippen LogP) is 3.52. The van der Waals surface area contributed by atoms with Crippen molar-refractivity contribution in [3.63, 3.8) is 0 Å². The molecular formula is C19H21F3N2O2S. The van der Waals surface area contributed by atoms with Crippen LogP contribution in [0.15, 0.2) is 53.4 Å². The van der Waals surface area contributed by atoms with E-state index in [1.165, 1.54) is 15.4 Å². The second-order valence-electron chi connectivity index (χ2n) is 6.63. The highest BCUT2D eigenvalue weighted by molar-refractivity contribution is 7.89. The lowest BCUT2D eigenvalue weighted by molar-refractivity contribution is -0.137. The van der Waals surface area contributed by atoms with E-state index in [0.29, 0.717) is 26.2 Å². The van der Waals surface area contributed by atoms with E-state index in [1.54, 1.807) is 0 Å². The summed E-state index contributed by atoms with van der Waals surface area (Å²) in [6, 6.07) is 11.7. The molecule has 0 aliphatic carbocycles. The van der Waals surface area contributed by atoms with Crippen molar-refractivity contribution in [3.8, 4) is 0 Å². The first kappa shape index (κ1) is 19.9. The van der Waals surface area contributed by atoms with Crippen LogP contribution < -0.4 is 0 Å². The first-order valence-electron chi connectivity index (χ1n) is 8.62. The van der Waals surface area contributed by atoms with Crippen LogP contribution in [0.5, 0.6) is 0 Å². The third kappa shape index (κ3) is 4.51. The zero-order chi connectivity index (χ0) is 19.7. The lowest BCUT2D eigenvalue weighted by Gasteiger charge is -2.34. The standard InChI is InChI=1S/C19H21F3N2O2S/c1-15-4-2-3-5-16(15)14-23-10-12-24(13-11-23)27(25,26)18-8-6-17(7-9-18)19(20,21)22/h2-9H,10-14H2,1H3.